The Kier molecular flexibility index (Phi) is 10.2. The van der Waals surface area contributed by atoms with E-state index >= 15 is 0 Å². The first-order chi connectivity index (χ1) is 18.9. The number of aryl methyl sites for hydroxylation is 2. The van der Waals surface area contributed by atoms with Crippen LogP contribution in [0, 0.1) is 13.8 Å². The van der Waals surface area contributed by atoms with Crippen LogP contribution < -0.4 is 20.3 Å². The standard InChI is InChI=1S/C30H40N4O4S/c1-21-6-8-24-19-25(29(35)32-28(24)22(21)2)20-34(13-5-12-33-14-16-38-17-15-33)30(39)31-11-10-23-7-9-26(36-3)27(18-23)37-4/h6-9,18-19H,5,10-17,20H2,1-4H3,(H,31,39)(H,32,35). The summed E-state index contributed by atoms with van der Waals surface area (Å²) in [6, 6.07) is 12.1. The highest BCUT2D eigenvalue weighted by atomic mass is 32.1. The summed E-state index contributed by atoms with van der Waals surface area (Å²) in [6.07, 6.45) is 1.72. The van der Waals surface area contributed by atoms with Crippen LogP contribution in [-0.2, 0) is 17.7 Å². The van der Waals surface area contributed by atoms with E-state index in [2.05, 4.69) is 39.2 Å². The molecule has 3 aromatic rings. The first-order valence-corrected chi connectivity index (χ1v) is 14.0. The zero-order valence-electron chi connectivity index (χ0n) is 23.5. The van der Waals surface area contributed by atoms with Crippen molar-refractivity contribution in [2.45, 2.75) is 33.2 Å². The Morgan fingerprint density at radius 1 is 1.10 bits per heavy atom. The Hall–Kier alpha value is -3.14. The number of ether oxygens (including phenoxy) is 3. The van der Waals surface area contributed by atoms with Crippen molar-refractivity contribution < 1.29 is 14.2 Å². The molecule has 2 heterocycles. The minimum Gasteiger partial charge on any atom is -0.493 e. The van der Waals surface area contributed by atoms with Gasteiger partial charge in [-0.1, -0.05) is 18.2 Å². The number of pyridine rings is 1. The molecule has 0 bridgehead atoms. The van der Waals surface area contributed by atoms with Crippen LogP contribution in [0.2, 0.25) is 0 Å². The lowest BCUT2D eigenvalue weighted by Gasteiger charge is -2.29. The molecule has 9 heteroatoms. The molecule has 1 aliphatic heterocycles. The summed E-state index contributed by atoms with van der Waals surface area (Å²) in [5, 5.41) is 5.10. The molecule has 2 aromatic carbocycles. The summed E-state index contributed by atoms with van der Waals surface area (Å²) >= 11 is 5.85. The van der Waals surface area contributed by atoms with Gasteiger partial charge < -0.3 is 29.4 Å². The van der Waals surface area contributed by atoms with E-state index in [0.717, 1.165) is 79.8 Å². The molecular weight excluding hydrogens is 512 g/mol. The van der Waals surface area contributed by atoms with Gasteiger partial charge in [0.05, 0.1) is 39.5 Å². The third-order valence-corrected chi connectivity index (χ3v) is 7.82. The fraction of sp³-hybridized carbons (Fsp3) is 0.467. The number of aromatic nitrogens is 1. The molecule has 4 rings (SSSR count). The molecule has 0 amide bonds. The highest BCUT2D eigenvalue weighted by molar-refractivity contribution is 7.80. The number of rotatable bonds is 11. The molecule has 8 nitrogen and oxygen atoms in total. The second-order valence-corrected chi connectivity index (χ2v) is 10.4. The quantitative estimate of drug-likeness (QED) is 0.348. The molecule has 0 aliphatic carbocycles. The number of benzene rings is 2. The molecule has 1 aromatic heterocycles. The third kappa shape index (κ3) is 7.50. The molecule has 0 radical (unpaired) electrons. The Balaban J connectivity index is 1.45. The van der Waals surface area contributed by atoms with Gasteiger partial charge in [0.25, 0.3) is 5.56 Å². The van der Waals surface area contributed by atoms with E-state index in [1.54, 1.807) is 14.2 Å². The van der Waals surface area contributed by atoms with Gasteiger partial charge in [0, 0.05) is 38.3 Å². The van der Waals surface area contributed by atoms with E-state index in [1.807, 2.05) is 31.2 Å². The van der Waals surface area contributed by atoms with Gasteiger partial charge in [-0.3, -0.25) is 9.69 Å². The lowest BCUT2D eigenvalue weighted by molar-refractivity contribution is 0.0367. The molecule has 1 fully saturated rings. The number of morpholine rings is 1. The molecule has 0 atom stereocenters. The van der Waals surface area contributed by atoms with Crippen LogP contribution in [-0.4, -0.2) is 80.1 Å². The summed E-state index contributed by atoms with van der Waals surface area (Å²) in [7, 11) is 3.27. The van der Waals surface area contributed by atoms with E-state index in [0.29, 0.717) is 35.3 Å². The van der Waals surface area contributed by atoms with Crippen LogP contribution in [0.25, 0.3) is 10.9 Å². The molecule has 39 heavy (non-hydrogen) atoms. The molecule has 0 spiro atoms. The molecule has 2 N–H and O–H groups in total. The Morgan fingerprint density at radius 2 is 1.87 bits per heavy atom. The van der Waals surface area contributed by atoms with Crippen molar-refractivity contribution in [2.75, 3.05) is 60.2 Å². The summed E-state index contributed by atoms with van der Waals surface area (Å²) in [4.78, 5) is 20.7. The van der Waals surface area contributed by atoms with Crippen molar-refractivity contribution in [2.24, 2.45) is 0 Å². The van der Waals surface area contributed by atoms with Crippen molar-refractivity contribution >= 4 is 28.2 Å². The number of hydrogen-bond donors (Lipinski definition) is 2. The minimum absolute atomic E-state index is 0.0671. The van der Waals surface area contributed by atoms with Crippen LogP contribution in [0.15, 0.2) is 41.2 Å². The van der Waals surface area contributed by atoms with E-state index in [1.165, 1.54) is 0 Å². The van der Waals surface area contributed by atoms with Crippen molar-refractivity contribution in [3.05, 3.63) is 69.0 Å². The number of hydrogen-bond acceptors (Lipinski definition) is 6. The van der Waals surface area contributed by atoms with E-state index in [9.17, 15) is 4.79 Å². The highest BCUT2D eigenvalue weighted by Crippen LogP contribution is 2.27. The van der Waals surface area contributed by atoms with Crippen molar-refractivity contribution in [1.29, 1.82) is 0 Å². The van der Waals surface area contributed by atoms with Crippen LogP contribution in [0.3, 0.4) is 0 Å². The minimum atomic E-state index is -0.0671. The van der Waals surface area contributed by atoms with E-state index < -0.39 is 0 Å². The molecule has 210 valence electrons. The molecule has 0 unspecified atom stereocenters. The fourth-order valence-electron chi connectivity index (χ4n) is 4.92. The number of fused-ring (bicyclic) bond motifs is 1. The predicted octanol–water partition coefficient (Wildman–Crippen LogP) is 3.80. The van der Waals surface area contributed by atoms with Gasteiger partial charge in [-0.15, -0.1) is 0 Å². The third-order valence-electron chi connectivity index (χ3n) is 7.42. The monoisotopic (exact) mass is 552 g/mol. The number of methoxy groups -OCH3 is 2. The van der Waals surface area contributed by atoms with Crippen LogP contribution in [0.4, 0.5) is 0 Å². The molecule has 0 saturated carbocycles. The van der Waals surface area contributed by atoms with Gasteiger partial charge in [0.15, 0.2) is 16.6 Å². The average molecular weight is 553 g/mol. The Labute approximate surface area is 236 Å². The van der Waals surface area contributed by atoms with Crippen molar-refractivity contribution in [1.82, 2.24) is 20.1 Å². The van der Waals surface area contributed by atoms with Crippen molar-refractivity contribution in [3.63, 3.8) is 0 Å². The number of H-pyrrole nitrogens is 1. The fourth-order valence-corrected chi connectivity index (χ4v) is 5.18. The van der Waals surface area contributed by atoms with Crippen LogP contribution in [0.1, 0.15) is 28.7 Å². The van der Waals surface area contributed by atoms with E-state index in [4.69, 9.17) is 26.4 Å². The lowest BCUT2D eigenvalue weighted by Crippen LogP contribution is -2.43. The zero-order chi connectivity index (χ0) is 27.8. The normalized spacial score (nSPS) is 13.8. The summed E-state index contributed by atoms with van der Waals surface area (Å²) in [6.45, 7) is 10.4. The topological polar surface area (TPSA) is 79.1 Å². The van der Waals surface area contributed by atoms with Crippen LogP contribution in [0.5, 0.6) is 11.5 Å². The maximum Gasteiger partial charge on any atom is 0.253 e. The van der Waals surface area contributed by atoms with Gasteiger partial charge in [-0.25, -0.2) is 0 Å². The zero-order valence-corrected chi connectivity index (χ0v) is 24.3. The van der Waals surface area contributed by atoms with E-state index in [-0.39, 0.29) is 5.56 Å². The maximum atomic E-state index is 13.1. The smallest absolute Gasteiger partial charge is 0.253 e. The first kappa shape index (κ1) is 28.9. The largest absolute Gasteiger partial charge is 0.493 e. The highest BCUT2D eigenvalue weighted by Gasteiger charge is 2.16. The average Bonchev–Trinajstić information content (AvgIpc) is 2.95. The lowest BCUT2D eigenvalue weighted by atomic mass is 10.0. The second-order valence-electron chi connectivity index (χ2n) is 10.00. The van der Waals surface area contributed by atoms with Gasteiger partial charge in [0.2, 0.25) is 0 Å². The summed E-state index contributed by atoms with van der Waals surface area (Å²) in [5.41, 5.74) is 4.93. The second kappa shape index (κ2) is 13.8. The SMILES string of the molecule is COc1ccc(CCNC(=S)N(CCCN2CCOCC2)Cc2cc3ccc(C)c(C)c3[nH]c2=O)cc1OC. The molecular formula is C30H40N4O4S. The summed E-state index contributed by atoms with van der Waals surface area (Å²) < 4.78 is 16.3. The Morgan fingerprint density at radius 3 is 2.62 bits per heavy atom. The molecule has 1 aliphatic rings. The maximum absolute atomic E-state index is 13.1. The van der Waals surface area contributed by atoms with Gasteiger partial charge in [0.1, 0.15) is 0 Å². The Bertz CT molecular complexity index is 1340. The van der Waals surface area contributed by atoms with Gasteiger partial charge >= 0.3 is 0 Å². The predicted molar refractivity (Wildman–Crippen MR) is 160 cm³/mol. The van der Waals surface area contributed by atoms with Gasteiger partial charge in [-0.2, -0.15) is 0 Å². The first-order valence-electron chi connectivity index (χ1n) is 13.6. The number of nitrogens with zero attached hydrogens (tertiary/aromatic N) is 2. The number of thiocarbonyl (C=S) groups is 1. The molecule has 1 saturated heterocycles. The van der Waals surface area contributed by atoms with Crippen LogP contribution >= 0.6 is 12.2 Å². The van der Waals surface area contributed by atoms with Gasteiger partial charge in [-0.05, 0) is 79.2 Å². The number of nitrogens with one attached hydrogen (secondary N) is 2. The van der Waals surface area contributed by atoms with Crippen molar-refractivity contribution in [3.8, 4) is 11.5 Å². The number of aromatic amines is 1. The summed E-state index contributed by atoms with van der Waals surface area (Å²) in [5.74, 6) is 1.42.